The van der Waals surface area contributed by atoms with Gasteiger partial charge in [0.1, 0.15) is 6.04 Å². The molecule has 0 fully saturated rings. The molecule has 1 aromatic carbocycles. The van der Waals surface area contributed by atoms with Gasteiger partial charge in [0, 0.05) is 0 Å². The van der Waals surface area contributed by atoms with Gasteiger partial charge < -0.3 is 4.74 Å². The van der Waals surface area contributed by atoms with Crippen LogP contribution in [-0.2, 0) is 19.6 Å². The van der Waals surface area contributed by atoms with Crippen molar-refractivity contribution in [1.82, 2.24) is 4.72 Å². The zero-order valence-electron chi connectivity index (χ0n) is 11.5. The summed E-state index contributed by atoms with van der Waals surface area (Å²) in [4.78, 5) is 11.6. The maximum Gasteiger partial charge on any atom is 0.324 e. The summed E-state index contributed by atoms with van der Waals surface area (Å²) in [5.41, 5.74) is 0.359. The summed E-state index contributed by atoms with van der Waals surface area (Å²) in [5, 5.41) is 8.68. The predicted molar refractivity (Wildman–Crippen MR) is 72.1 cm³/mol. The largest absolute Gasteiger partial charge is 0.468 e. The maximum atomic E-state index is 12.2. The summed E-state index contributed by atoms with van der Waals surface area (Å²) in [6, 6.07) is 6.37. The lowest BCUT2D eigenvalue weighted by Crippen LogP contribution is -2.44. The molecule has 0 saturated carbocycles. The first-order valence-electron chi connectivity index (χ1n) is 5.92. The van der Waals surface area contributed by atoms with Crippen LogP contribution in [0.5, 0.6) is 0 Å². The first kappa shape index (κ1) is 16.1. The molecule has 1 N–H and O–H groups in total. The summed E-state index contributed by atoms with van der Waals surface area (Å²) in [6.45, 7) is 3.42. The van der Waals surface area contributed by atoms with E-state index in [2.05, 4.69) is 9.46 Å². The third-order valence-electron chi connectivity index (χ3n) is 2.70. The van der Waals surface area contributed by atoms with E-state index in [0.717, 1.165) is 0 Å². The Hall–Kier alpha value is -1.91. The van der Waals surface area contributed by atoms with Crippen molar-refractivity contribution in [2.45, 2.75) is 24.8 Å². The van der Waals surface area contributed by atoms with Gasteiger partial charge in [0.2, 0.25) is 10.0 Å². The molecule has 1 atom stereocenters. The number of carbonyl (C=O) groups excluding carboxylic acids is 1. The molecule has 0 aliphatic carbocycles. The van der Waals surface area contributed by atoms with Crippen molar-refractivity contribution in [1.29, 1.82) is 5.26 Å². The normalized spacial score (nSPS) is 12.8. The van der Waals surface area contributed by atoms with Gasteiger partial charge in [-0.15, -0.1) is 0 Å². The summed E-state index contributed by atoms with van der Waals surface area (Å²) >= 11 is 0. The first-order valence-corrected chi connectivity index (χ1v) is 7.40. The first-order chi connectivity index (χ1) is 9.31. The second-order valence-electron chi connectivity index (χ2n) is 4.50. The summed E-state index contributed by atoms with van der Waals surface area (Å²) in [6.07, 6.45) is 0. The van der Waals surface area contributed by atoms with Crippen LogP contribution in [0.2, 0.25) is 0 Å². The van der Waals surface area contributed by atoms with E-state index in [-0.39, 0.29) is 10.8 Å². The van der Waals surface area contributed by atoms with Crippen molar-refractivity contribution in [2.24, 2.45) is 5.92 Å². The number of carbonyl (C=O) groups is 1. The summed E-state index contributed by atoms with van der Waals surface area (Å²) < 4.78 is 31.2. The molecule has 0 radical (unpaired) electrons. The van der Waals surface area contributed by atoms with Gasteiger partial charge in [-0.3, -0.25) is 4.79 Å². The lowest BCUT2D eigenvalue weighted by Gasteiger charge is -2.19. The number of methoxy groups -OCH3 is 1. The van der Waals surface area contributed by atoms with E-state index >= 15 is 0 Å². The molecular formula is C13H16N2O4S. The van der Waals surface area contributed by atoms with Crippen molar-refractivity contribution < 1.29 is 17.9 Å². The number of nitrogens with one attached hydrogen (secondary N) is 1. The number of nitriles is 1. The fourth-order valence-corrected chi connectivity index (χ4v) is 2.86. The second kappa shape index (κ2) is 6.50. The topological polar surface area (TPSA) is 96.3 Å². The molecule has 0 aromatic heterocycles. The Labute approximate surface area is 118 Å². The number of hydrogen-bond acceptors (Lipinski definition) is 5. The third-order valence-corrected chi connectivity index (χ3v) is 4.15. The van der Waals surface area contributed by atoms with E-state index in [4.69, 9.17) is 5.26 Å². The zero-order valence-corrected chi connectivity index (χ0v) is 12.3. The van der Waals surface area contributed by atoms with Crippen molar-refractivity contribution >= 4 is 16.0 Å². The molecule has 7 heteroatoms. The van der Waals surface area contributed by atoms with Crippen molar-refractivity contribution in [2.75, 3.05) is 7.11 Å². The Morgan fingerprint density at radius 2 is 1.85 bits per heavy atom. The van der Waals surface area contributed by atoms with Crippen molar-refractivity contribution in [3.8, 4) is 6.07 Å². The minimum Gasteiger partial charge on any atom is -0.468 e. The number of sulfonamides is 1. The molecule has 0 unspecified atom stereocenters. The fourth-order valence-electron chi connectivity index (χ4n) is 1.53. The number of hydrogen-bond donors (Lipinski definition) is 1. The Bertz CT molecular complexity index is 615. The van der Waals surface area contributed by atoms with E-state index in [1.807, 2.05) is 6.07 Å². The molecule has 0 aliphatic rings. The highest BCUT2D eigenvalue weighted by atomic mass is 32.2. The molecule has 0 heterocycles. The highest BCUT2D eigenvalue weighted by Crippen LogP contribution is 2.13. The average Bonchev–Trinajstić information content (AvgIpc) is 2.43. The zero-order chi connectivity index (χ0) is 15.3. The molecule has 6 nitrogen and oxygen atoms in total. The van der Waals surface area contributed by atoms with E-state index < -0.39 is 22.0 Å². The van der Waals surface area contributed by atoms with Gasteiger partial charge in [0.05, 0.1) is 23.6 Å². The molecule has 108 valence electrons. The van der Waals surface area contributed by atoms with E-state index in [1.54, 1.807) is 13.8 Å². The smallest absolute Gasteiger partial charge is 0.324 e. The molecule has 0 spiro atoms. The van der Waals surface area contributed by atoms with Crippen molar-refractivity contribution in [3.63, 3.8) is 0 Å². The summed E-state index contributed by atoms with van der Waals surface area (Å²) in [7, 11) is -2.64. The Morgan fingerprint density at radius 1 is 1.30 bits per heavy atom. The predicted octanol–water partition coefficient (Wildman–Crippen LogP) is 1.03. The number of benzene rings is 1. The van der Waals surface area contributed by atoms with Crippen LogP contribution >= 0.6 is 0 Å². The monoisotopic (exact) mass is 296 g/mol. The minimum absolute atomic E-state index is 0.00828. The average molecular weight is 296 g/mol. The molecule has 0 aliphatic heterocycles. The number of esters is 1. The number of ether oxygens (including phenoxy) is 1. The van der Waals surface area contributed by atoms with Gasteiger partial charge in [-0.05, 0) is 30.2 Å². The molecule has 1 aromatic rings. The quantitative estimate of drug-likeness (QED) is 0.819. The van der Waals surface area contributed by atoms with Gasteiger partial charge in [-0.2, -0.15) is 9.98 Å². The van der Waals surface area contributed by atoms with Crippen LogP contribution in [0.25, 0.3) is 0 Å². The third kappa shape index (κ3) is 3.79. The number of nitrogens with zero attached hydrogens (tertiary/aromatic N) is 1. The standard InChI is InChI=1S/C13H16N2O4S/c1-9(2)12(13(16)19-3)15-20(17,18)11-6-4-10(8-14)5-7-11/h4-7,9,12,15H,1-3H3/t12-/m0/s1. The van der Waals surface area contributed by atoms with Crippen LogP contribution in [0.1, 0.15) is 19.4 Å². The lowest BCUT2D eigenvalue weighted by molar-refractivity contribution is -0.143. The maximum absolute atomic E-state index is 12.2. The van der Waals surface area contributed by atoms with Crippen LogP contribution in [0.15, 0.2) is 29.2 Å². The van der Waals surface area contributed by atoms with E-state index in [0.29, 0.717) is 5.56 Å². The number of rotatable bonds is 5. The molecule has 0 amide bonds. The van der Waals surface area contributed by atoms with E-state index in [1.165, 1.54) is 31.4 Å². The lowest BCUT2D eigenvalue weighted by atomic mass is 10.1. The Kier molecular flexibility index (Phi) is 5.25. The van der Waals surface area contributed by atoms with Crippen LogP contribution in [0.3, 0.4) is 0 Å². The molecule has 1 rings (SSSR count). The Balaban J connectivity index is 3.03. The van der Waals surface area contributed by atoms with Crippen LogP contribution in [-0.4, -0.2) is 27.5 Å². The SMILES string of the molecule is COC(=O)[C@@H](NS(=O)(=O)c1ccc(C#N)cc1)C(C)C. The van der Waals surface area contributed by atoms with Gasteiger partial charge in [-0.1, -0.05) is 13.8 Å². The van der Waals surface area contributed by atoms with Gasteiger partial charge in [-0.25, -0.2) is 8.42 Å². The second-order valence-corrected chi connectivity index (χ2v) is 6.22. The minimum atomic E-state index is -3.84. The van der Waals surface area contributed by atoms with Crippen molar-refractivity contribution in [3.05, 3.63) is 29.8 Å². The van der Waals surface area contributed by atoms with Gasteiger partial charge >= 0.3 is 5.97 Å². The highest BCUT2D eigenvalue weighted by Gasteiger charge is 2.28. The molecule has 0 saturated heterocycles. The van der Waals surface area contributed by atoms with Crippen LogP contribution in [0, 0.1) is 17.2 Å². The van der Waals surface area contributed by atoms with Gasteiger partial charge in [0.25, 0.3) is 0 Å². The van der Waals surface area contributed by atoms with Crippen LogP contribution < -0.4 is 4.72 Å². The van der Waals surface area contributed by atoms with Crippen LogP contribution in [0.4, 0.5) is 0 Å². The fraction of sp³-hybridized carbons (Fsp3) is 0.385. The molecule has 20 heavy (non-hydrogen) atoms. The molecular weight excluding hydrogens is 280 g/mol. The van der Waals surface area contributed by atoms with Gasteiger partial charge in [0.15, 0.2) is 0 Å². The Morgan fingerprint density at radius 3 is 2.25 bits per heavy atom. The highest BCUT2D eigenvalue weighted by molar-refractivity contribution is 7.89. The van der Waals surface area contributed by atoms with E-state index in [9.17, 15) is 13.2 Å². The molecule has 0 bridgehead atoms. The summed E-state index contributed by atoms with van der Waals surface area (Å²) in [5.74, 6) is -0.896.